The minimum Gasteiger partial charge on any atom is -0.454 e. The Hall–Kier alpha value is -2.70. The van der Waals surface area contributed by atoms with Crippen LogP contribution in [0.2, 0.25) is 10.0 Å². The summed E-state index contributed by atoms with van der Waals surface area (Å²) in [6, 6.07) is 10.1. The van der Waals surface area contributed by atoms with Crippen molar-refractivity contribution in [2.24, 2.45) is 0 Å². The number of para-hydroxylation sites is 1. The topological polar surface area (TPSA) is 73.9 Å². The zero-order valence-electron chi connectivity index (χ0n) is 13.3. The number of fused-ring (bicyclic) bond motifs is 1. The predicted molar refractivity (Wildman–Crippen MR) is 97.6 cm³/mol. The molecule has 3 rings (SSSR count). The van der Waals surface area contributed by atoms with Crippen molar-refractivity contribution in [1.29, 1.82) is 0 Å². The summed E-state index contributed by atoms with van der Waals surface area (Å²) in [5, 5.41) is 3.08. The lowest BCUT2D eigenvalue weighted by Crippen LogP contribution is -2.20. The first kappa shape index (κ1) is 18.1. The van der Waals surface area contributed by atoms with Gasteiger partial charge in [-0.3, -0.25) is 4.79 Å². The lowest BCUT2D eigenvalue weighted by Gasteiger charge is -2.08. The number of halogens is 2. The maximum absolute atomic E-state index is 11.9. The van der Waals surface area contributed by atoms with Gasteiger partial charge in [-0.2, -0.15) is 0 Å². The zero-order chi connectivity index (χ0) is 18.5. The van der Waals surface area contributed by atoms with Crippen molar-refractivity contribution < 1.29 is 23.8 Å². The van der Waals surface area contributed by atoms with Crippen molar-refractivity contribution in [2.45, 2.75) is 0 Å². The van der Waals surface area contributed by atoms with E-state index in [2.05, 4.69) is 5.32 Å². The smallest absolute Gasteiger partial charge is 0.331 e. The Kier molecular flexibility index (Phi) is 5.65. The summed E-state index contributed by atoms with van der Waals surface area (Å²) in [7, 11) is 0. The number of ether oxygens (including phenoxy) is 3. The largest absolute Gasteiger partial charge is 0.454 e. The van der Waals surface area contributed by atoms with Gasteiger partial charge in [-0.05, 0) is 35.9 Å². The molecular weight excluding hydrogens is 381 g/mol. The first-order valence-electron chi connectivity index (χ1n) is 7.51. The molecule has 26 heavy (non-hydrogen) atoms. The minimum atomic E-state index is -0.664. The zero-order valence-corrected chi connectivity index (χ0v) is 14.8. The number of rotatable bonds is 5. The van der Waals surface area contributed by atoms with E-state index in [0.717, 1.165) is 5.56 Å². The fourth-order valence-electron chi connectivity index (χ4n) is 2.16. The van der Waals surface area contributed by atoms with Crippen LogP contribution in [0, 0.1) is 0 Å². The Morgan fingerprint density at radius 1 is 1.12 bits per heavy atom. The Labute approximate surface area is 159 Å². The SMILES string of the molecule is O=C(COC(=O)/C=C/c1ccc2c(c1)OCO2)Nc1c(Cl)cccc1Cl. The van der Waals surface area contributed by atoms with Crippen molar-refractivity contribution in [1.82, 2.24) is 0 Å². The molecule has 2 aromatic rings. The van der Waals surface area contributed by atoms with Crippen LogP contribution in [0.5, 0.6) is 11.5 Å². The molecular formula is C18H13Cl2NO5. The van der Waals surface area contributed by atoms with E-state index in [1.165, 1.54) is 6.08 Å². The van der Waals surface area contributed by atoms with Crippen LogP contribution in [0.15, 0.2) is 42.5 Å². The van der Waals surface area contributed by atoms with Gasteiger partial charge in [0.1, 0.15) is 0 Å². The van der Waals surface area contributed by atoms with Crippen molar-refractivity contribution in [3.05, 3.63) is 58.1 Å². The number of carbonyl (C=O) groups is 2. The monoisotopic (exact) mass is 393 g/mol. The summed E-state index contributed by atoms with van der Waals surface area (Å²) < 4.78 is 15.4. The van der Waals surface area contributed by atoms with Crippen LogP contribution in [0.25, 0.3) is 6.08 Å². The molecule has 1 amide bonds. The van der Waals surface area contributed by atoms with E-state index < -0.39 is 18.5 Å². The standard InChI is InChI=1S/C18H13Cl2NO5/c19-12-2-1-3-13(20)18(12)21-16(22)9-24-17(23)7-5-11-4-6-14-15(8-11)26-10-25-14/h1-8H,9-10H2,(H,21,22)/b7-5+. The van der Waals surface area contributed by atoms with Crippen molar-refractivity contribution in [2.75, 3.05) is 18.7 Å². The average Bonchev–Trinajstić information content (AvgIpc) is 3.09. The van der Waals surface area contributed by atoms with E-state index in [1.807, 2.05) is 0 Å². The molecule has 0 radical (unpaired) electrons. The first-order valence-corrected chi connectivity index (χ1v) is 8.27. The van der Waals surface area contributed by atoms with Crippen molar-refractivity contribution >= 4 is 46.8 Å². The van der Waals surface area contributed by atoms with Crippen LogP contribution in [0.3, 0.4) is 0 Å². The molecule has 0 spiro atoms. The highest BCUT2D eigenvalue weighted by molar-refractivity contribution is 6.39. The first-order chi connectivity index (χ1) is 12.5. The van der Waals surface area contributed by atoms with Crippen molar-refractivity contribution in [3.63, 3.8) is 0 Å². The van der Waals surface area contributed by atoms with E-state index in [9.17, 15) is 9.59 Å². The van der Waals surface area contributed by atoms with Gasteiger partial charge in [0.25, 0.3) is 5.91 Å². The van der Waals surface area contributed by atoms with Crippen LogP contribution in [0.1, 0.15) is 5.56 Å². The number of nitrogens with one attached hydrogen (secondary N) is 1. The third-order valence-corrected chi connectivity index (χ3v) is 4.01. The van der Waals surface area contributed by atoms with Gasteiger partial charge in [-0.25, -0.2) is 4.79 Å². The molecule has 0 aliphatic carbocycles. The van der Waals surface area contributed by atoms with Crippen LogP contribution >= 0.6 is 23.2 Å². The van der Waals surface area contributed by atoms with Crippen LogP contribution in [0.4, 0.5) is 5.69 Å². The molecule has 0 saturated heterocycles. The van der Waals surface area contributed by atoms with Gasteiger partial charge in [0, 0.05) is 6.08 Å². The molecule has 0 fully saturated rings. The Morgan fingerprint density at radius 2 is 1.85 bits per heavy atom. The van der Waals surface area contributed by atoms with E-state index in [1.54, 1.807) is 42.5 Å². The number of benzene rings is 2. The number of esters is 1. The second-order valence-corrected chi connectivity index (χ2v) is 6.01. The lowest BCUT2D eigenvalue weighted by atomic mass is 10.2. The van der Waals surface area contributed by atoms with Crippen molar-refractivity contribution in [3.8, 4) is 11.5 Å². The average molecular weight is 394 g/mol. The van der Waals surface area contributed by atoms with Crippen LogP contribution in [-0.4, -0.2) is 25.3 Å². The maximum atomic E-state index is 11.9. The van der Waals surface area contributed by atoms with Crippen LogP contribution in [-0.2, 0) is 14.3 Å². The fourth-order valence-corrected chi connectivity index (χ4v) is 2.65. The highest BCUT2D eigenvalue weighted by Gasteiger charge is 2.13. The normalized spacial score (nSPS) is 12.2. The van der Waals surface area contributed by atoms with Crippen LogP contribution < -0.4 is 14.8 Å². The minimum absolute atomic E-state index is 0.176. The molecule has 8 heteroatoms. The molecule has 1 heterocycles. The highest BCUT2D eigenvalue weighted by Crippen LogP contribution is 2.33. The van der Waals surface area contributed by atoms with Gasteiger partial charge in [0.15, 0.2) is 18.1 Å². The summed E-state index contributed by atoms with van der Waals surface area (Å²) in [6.07, 6.45) is 2.76. The van der Waals surface area contributed by atoms with Gasteiger partial charge < -0.3 is 19.5 Å². The van der Waals surface area contributed by atoms with Gasteiger partial charge in [-0.15, -0.1) is 0 Å². The molecule has 2 aromatic carbocycles. The van der Waals surface area contributed by atoms with Gasteiger partial charge in [0.05, 0.1) is 15.7 Å². The van der Waals surface area contributed by atoms with Gasteiger partial charge >= 0.3 is 5.97 Å². The summed E-state index contributed by atoms with van der Waals surface area (Å²) in [4.78, 5) is 23.6. The van der Waals surface area contributed by atoms with Gasteiger partial charge in [0.2, 0.25) is 6.79 Å². The second-order valence-electron chi connectivity index (χ2n) is 5.20. The van der Waals surface area contributed by atoms with Gasteiger partial charge in [-0.1, -0.05) is 35.3 Å². The quantitative estimate of drug-likeness (QED) is 0.615. The summed E-state index contributed by atoms with van der Waals surface area (Å²) in [6.45, 7) is -0.291. The van der Waals surface area contributed by atoms with E-state index in [-0.39, 0.29) is 12.5 Å². The fraction of sp³-hybridized carbons (Fsp3) is 0.111. The molecule has 0 aromatic heterocycles. The second kappa shape index (κ2) is 8.12. The van der Waals surface area contributed by atoms with E-state index >= 15 is 0 Å². The molecule has 0 atom stereocenters. The molecule has 0 bridgehead atoms. The molecule has 0 unspecified atom stereocenters. The third-order valence-electron chi connectivity index (χ3n) is 3.38. The number of amides is 1. The molecule has 134 valence electrons. The molecule has 6 nitrogen and oxygen atoms in total. The summed E-state index contributed by atoms with van der Waals surface area (Å²) in [5.41, 5.74) is 1.01. The number of hydrogen-bond donors (Lipinski definition) is 1. The lowest BCUT2D eigenvalue weighted by molar-refractivity contribution is -0.142. The predicted octanol–water partition coefficient (Wildman–Crippen LogP) is 3.92. The molecule has 1 aliphatic rings. The van der Waals surface area contributed by atoms with E-state index in [4.69, 9.17) is 37.4 Å². The number of hydrogen-bond acceptors (Lipinski definition) is 5. The summed E-state index contributed by atoms with van der Waals surface area (Å²) >= 11 is 11.9. The number of carbonyl (C=O) groups excluding carboxylic acids is 2. The summed E-state index contributed by atoms with van der Waals surface area (Å²) in [5.74, 6) is 0.0454. The Balaban J connectivity index is 1.51. The molecule has 1 aliphatic heterocycles. The number of anilines is 1. The molecule has 1 N–H and O–H groups in total. The molecule has 0 saturated carbocycles. The third kappa shape index (κ3) is 4.47. The Morgan fingerprint density at radius 3 is 2.62 bits per heavy atom. The van der Waals surface area contributed by atoms with E-state index in [0.29, 0.717) is 21.5 Å². The Bertz CT molecular complexity index is 862. The highest BCUT2D eigenvalue weighted by atomic mass is 35.5. The maximum Gasteiger partial charge on any atom is 0.331 e.